The molecule has 0 bridgehead atoms. The number of hydrogen-bond acceptors (Lipinski definition) is 6. The molecule has 7 heteroatoms. The van der Waals surface area contributed by atoms with Crippen molar-refractivity contribution in [2.45, 2.75) is 71.8 Å². The number of aliphatic carboxylic acids is 1. The number of carboxylic acid groups (broad SMARTS) is 1. The number of aromatic hydroxyl groups is 1. The van der Waals surface area contributed by atoms with Crippen molar-refractivity contribution in [3.63, 3.8) is 0 Å². The van der Waals surface area contributed by atoms with Gasteiger partial charge < -0.3 is 20.1 Å². The SMILES string of the molecule is CC(=O)O[C@@H](C(=O)O)c1ccccc1.CC(C)N(CC[C@H](c1ccccc1)c1cc(CO)ccc1O)C(C)C. The van der Waals surface area contributed by atoms with Crippen LogP contribution in [0.3, 0.4) is 0 Å². The maximum Gasteiger partial charge on any atom is 0.349 e. The predicted octanol–water partition coefficient (Wildman–Crippen LogP) is 5.90. The number of hydrogen-bond donors (Lipinski definition) is 3. The van der Waals surface area contributed by atoms with E-state index in [-0.39, 0.29) is 12.5 Å². The Labute approximate surface area is 231 Å². The van der Waals surface area contributed by atoms with Crippen LogP contribution in [0.5, 0.6) is 5.75 Å². The van der Waals surface area contributed by atoms with Crippen molar-refractivity contribution in [2.75, 3.05) is 6.54 Å². The Morgan fingerprint density at radius 3 is 1.85 bits per heavy atom. The van der Waals surface area contributed by atoms with Gasteiger partial charge in [0, 0.05) is 36.1 Å². The second-order valence-corrected chi connectivity index (χ2v) is 9.97. The van der Waals surface area contributed by atoms with Crippen LogP contribution in [0.25, 0.3) is 0 Å². The molecule has 39 heavy (non-hydrogen) atoms. The first kappa shape index (κ1) is 31.5. The maximum atomic E-state index is 10.8. The van der Waals surface area contributed by atoms with E-state index in [1.807, 2.05) is 24.3 Å². The first-order valence-corrected chi connectivity index (χ1v) is 13.2. The molecule has 3 aromatic carbocycles. The Morgan fingerprint density at radius 1 is 0.846 bits per heavy atom. The molecular formula is C32H41NO6. The Hall–Kier alpha value is -3.68. The van der Waals surface area contributed by atoms with Crippen molar-refractivity contribution < 1.29 is 29.6 Å². The molecule has 0 saturated heterocycles. The molecule has 0 fully saturated rings. The van der Waals surface area contributed by atoms with Gasteiger partial charge in [0.15, 0.2) is 0 Å². The number of phenolic OH excluding ortho intramolecular Hbond substituents is 1. The number of carboxylic acids is 1. The van der Waals surface area contributed by atoms with Gasteiger partial charge in [-0.1, -0.05) is 66.7 Å². The van der Waals surface area contributed by atoms with Gasteiger partial charge in [0.2, 0.25) is 6.10 Å². The Bertz CT molecular complexity index is 1160. The van der Waals surface area contributed by atoms with Gasteiger partial charge in [-0.25, -0.2) is 4.79 Å². The highest BCUT2D eigenvalue weighted by atomic mass is 16.6. The molecule has 7 nitrogen and oxygen atoms in total. The van der Waals surface area contributed by atoms with E-state index in [9.17, 15) is 19.8 Å². The van der Waals surface area contributed by atoms with Crippen LogP contribution in [0.2, 0.25) is 0 Å². The van der Waals surface area contributed by atoms with Gasteiger partial charge in [0.05, 0.1) is 6.61 Å². The lowest BCUT2D eigenvalue weighted by atomic mass is 9.86. The molecule has 0 aliphatic rings. The van der Waals surface area contributed by atoms with Gasteiger partial charge >= 0.3 is 11.9 Å². The van der Waals surface area contributed by atoms with Crippen molar-refractivity contribution in [1.29, 1.82) is 0 Å². The van der Waals surface area contributed by atoms with Crippen LogP contribution < -0.4 is 0 Å². The summed E-state index contributed by atoms with van der Waals surface area (Å²) in [7, 11) is 0. The molecule has 0 unspecified atom stereocenters. The number of ether oxygens (including phenoxy) is 1. The summed E-state index contributed by atoms with van der Waals surface area (Å²) in [5.74, 6) is -1.38. The molecule has 0 saturated carbocycles. The third kappa shape index (κ3) is 9.85. The van der Waals surface area contributed by atoms with E-state index in [4.69, 9.17) is 5.11 Å². The minimum atomic E-state index is -1.21. The number of benzene rings is 3. The highest BCUT2D eigenvalue weighted by Gasteiger charge is 2.23. The van der Waals surface area contributed by atoms with Crippen molar-refractivity contribution in [2.24, 2.45) is 0 Å². The van der Waals surface area contributed by atoms with Crippen molar-refractivity contribution >= 4 is 11.9 Å². The Kier molecular flexibility index (Phi) is 12.7. The van der Waals surface area contributed by atoms with Crippen molar-refractivity contribution in [1.82, 2.24) is 4.90 Å². The summed E-state index contributed by atoms with van der Waals surface area (Å²) in [6, 6.07) is 25.0. The van der Waals surface area contributed by atoms with Crippen LogP contribution >= 0.6 is 0 Å². The molecule has 0 radical (unpaired) electrons. The highest BCUT2D eigenvalue weighted by Crippen LogP contribution is 2.35. The summed E-state index contributed by atoms with van der Waals surface area (Å²) in [6.45, 7) is 11.0. The van der Waals surface area contributed by atoms with Gasteiger partial charge in [-0.2, -0.15) is 0 Å². The summed E-state index contributed by atoms with van der Waals surface area (Å²) in [5.41, 5.74) is 3.37. The van der Waals surface area contributed by atoms with E-state index in [1.54, 1.807) is 42.5 Å². The number of phenols is 1. The lowest BCUT2D eigenvalue weighted by molar-refractivity contribution is -0.163. The topological polar surface area (TPSA) is 107 Å². The number of aliphatic hydroxyl groups is 1. The van der Waals surface area contributed by atoms with Crippen LogP contribution in [0, 0.1) is 0 Å². The zero-order chi connectivity index (χ0) is 28.9. The molecule has 2 atom stereocenters. The van der Waals surface area contributed by atoms with Crippen LogP contribution in [-0.4, -0.2) is 50.8 Å². The predicted molar refractivity (Wildman–Crippen MR) is 152 cm³/mol. The molecule has 210 valence electrons. The van der Waals surface area contributed by atoms with E-state index < -0.39 is 18.0 Å². The average Bonchev–Trinajstić information content (AvgIpc) is 2.91. The molecule has 0 aliphatic carbocycles. The molecule has 0 amide bonds. The first-order valence-electron chi connectivity index (χ1n) is 13.2. The third-order valence-corrected chi connectivity index (χ3v) is 6.46. The molecular weight excluding hydrogens is 494 g/mol. The number of aliphatic hydroxyl groups excluding tert-OH is 1. The number of nitrogens with zero attached hydrogens (tertiary/aromatic N) is 1. The minimum Gasteiger partial charge on any atom is -0.508 e. The highest BCUT2D eigenvalue weighted by molar-refractivity contribution is 5.78. The third-order valence-electron chi connectivity index (χ3n) is 6.46. The lowest BCUT2D eigenvalue weighted by Gasteiger charge is -2.32. The quantitative estimate of drug-likeness (QED) is 0.262. The Balaban J connectivity index is 0.000000322. The molecule has 0 spiro atoms. The maximum absolute atomic E-state index is 10.8. The molecule has 3 aromatic rings. The van der Waals surface area contributed by atoms with Crippen LogP contribution in [0.1, 0.15) is 75.3 Å². The van der Waals surface area contributed by atoms with Crippen LogP contribution in [0.15, 0.2) is 78.9 Å². The molecule has 0 aromatic heterocycles. The summed E-state index contributed by atoms with van der Waals surface area (Å²) >= 11 is 0. The van der Waals surface area contributed by atoms with Gasteiger partial charge in [-0.05, 0) is 63.9 Å². The van der Waals surface area contributed by atoms with E-state index in [0.29, 0.717) is 23.4 Å². The first-order chi connectivity index (χ1) is 18.5. The van der Waals surface area contributed by atoms with Crippen molar-refractivity contribution in [3.8, 4) is 5.75 Å². The average molecular weight is 536 g/mol. The fraction of sp³-hybridized carbons (Fsp3) is 0.375. The van der Waals surface area contributed by atoms with E-state index in [0.717, 1.165) is 24.1 Å². The standard InChI is InChI=1S/C22H31NO2.C10H10O4/c1-16(2)23(17(3)4)13-12-20(19-8-6-5-7-9-19)21-14-18(15-24)10-11-22(21)25;1-7(11)14-9(10(12)13)8-5-3-2-4-6-8/h5-11,14,16-17,20,24-25H,12-13,15H2,1-4H3;2-6,9H,1H3,(H,12,13)/t20-;9-/m11/s1. The Morgan fingerprint density at radius 2 is 1.38 bits per heavy atom. The van der Waals surface area contributed by atoms with E-state index in [1.165, 1.54) is 12.5 Å². The fourth-order valence-electron chi connectivity index (χ4n) is 4.61. The summed E-state index contributed by atoms with van der Waals surface area (Å²) < 4.78 is 4.66. The van der Waals surface area contributed by atoms with Gasteiger partial charge in [0.1, 0.15) is 5.75 Å². The van der Waals surface area contributed by atoms with Crippen molar-refractivity contribution in [3.05, 3.63) is 101 Å². The van der Waals surface area contributed by atoms with Gasteiger partial charge in [-0.3, -0.25) is 9.69 Å². The van der Waals surface area contributed by atoms with Crippen LogP contribution in [-0.2, 0) is 20.9 Å². The zero-order valence-corrected chi connectivity index (χ0v) is 23.4. The van der Waals surface area contributed by atoms with Gasteiger partial charge in [0.25, 0.3) is 0 Å². The molecule has 0 heterocycles. The van der Waals surface area contributed by atoms with Gasteiger partial charge in [-0.15, -0.1) is 0 Å². The monoisotopic (exact) mass is 535 g/mol. The normalized spacial score (nSPS) is 12.5. The minimum absolute atomic E-state index is 0.0150. The lowest BCUT2D eigenvalue weighted by Crippen LogP contribution is -2.38. The number of carbonyl (C=O) groups excluding carboxylic acids is 1. The summed E-state index contributed by atoms with van der Waals surface area (Å²) in [6.07, 6.45) is -0.295. The van der Waals surface area contributed by atoms with Crippen LogP contribution in [0.4, 0.5) is 0 Å². The smallest absolute Gasteiger partial charge is 0.349 e. The number of esters is 1. The fourth-order valence-corrected chi connectivity index (χ4v) is 4.61. The number of carbonyl (C=O) groups is 2. The second-order valence-electron chi connectivity index (χ2n) is 9.97. The molecule has 3 N–H and O–H groups in total. The molecule has 0 aliphatic heterocycles. The van der Waals surface area contributed by atoms with E-state index >= 15 is 0 Å². The number of rotatable bonds is 11. The van der Waals surface area contributed by atoms with E-state index in [2.05, 4.69) is 49.5 Å². The summed E-state index contributed by atoms with van der Waals surface area (Å²) in [5, 5.41) is 28.7. The second kappa shape index (κ2) is 15.7. The largest absolute Gasteiger partial charge is 0.508 e. The summed E-state index contributed by atoms with van der Waals surface area (Å²) in [4.78, 5) is 23.9. The molecule has 3 rings (SSSR count). The zero-order valence-electron chi connectivity index (χ0n) is 23.4.